The first-order valence-electron chi connectivity index (χ1n) is 4.40. The maximum Gasteiger partial charge on any atom is 0.278 e. The van der Waals surface area contributed by atoms with Gasteiger partial charge in [-0.2, -0.15) is 0 Å². The molecule has 0 aliphatic heterocycles. The summed E-state index contributed by atoms with van der Waals surface area (Å²) in [6.45, 7) is 3.48. The van der Waals surface area contributed by atoms with E-state index < -0.39 is 4.92 Å². The van der Waals surface area contributed by atoms with Crippen LogP contribution in [-0.2, 0) is 4.84 Å². The van der Waals surface area contributed by atoms with Crippen molar-refractivity contribution in [2.75, 3.05) is 7.11 Å². The fourth-order valence-electron chi connectivity index (χ4n) is 1.46. The third kappa shape index (κ3) is 2.31. The van der Waals surface area contributed by atoms with Crippen LogP contribution in [0.5, 0.6) is 0 Å². The number of oxime groups is 1. The van der Waals surface area contributed by atoms with E-state index in [9.17, 15) is 10.1 Å². The normalized spacial score (nSPS) is 11.3. The number of hydrogen-bond acceptors (Lipinski definition) is 4. The van der Waals surface area contributed by atoms with E-state index >= 15 is 0 Å². The van der Waals surface area contributed by atoms with Crippen molar-refractivity contribution in [1.82, 2.24) is 0 Å². The van der Waals surface area contributed by atoms with Gasteiger partial charge in [0.15, 0.2) is 0 Å². The van der Waals surface area contributed by atoms with Gasteiger partial charge in [-0.25, -0.2) is 0 Å². The summed E-state index contributed by atoms with van der Waals surface area (Å²) in [5.74, 6) is 0. The van der Waals surface area contributed by atoms with Gasteiger partial charge in [0, 0.05) is 6.07 Å². The predicted molar refractivity (Wildman–Crippen MR) is 57.1 cm³/mol. The number of nitro benzene ring substituents is 1. The number of nitrogens with zero attached hydrogens (tertiary/aromatic N) is 2. The molecule has 0 radical (unpaired) electrons. The van der Waals surface area contributed by atoms with E-state index in [1.165, 1.54) is 13.2 Å². The van der Waals surface area contributed by atoms with Crippen molar-refractivity contribution in [3.8, 4) is 0 Å². The summed E-state index contributed by atoms with van der Waals surface area (Å²) < 4.78 is 0. The van der Waals surface area contributed by atoms with Crippen molar-refractivity contribution in [2.24, 2.45) is 5.16 Å². The third-order valence-electron chi connectivity index (χ3n) is 2.04. The molecule has 0 saturated carbocycles. The van der Waals surface area contributed by atoms with Crippen molar-refractivity contribution >= 4 is 11.4 Å². The van der Waals surface area contributed by atoms with Crippen LogP contribution in [0.3, 0.4) is 0 Å². The Morgan fingerprint density at radius 3 is 2.73 bits per heavy atom. The van der Waals surface area contributed by atoms with Crippen LogP contribution in [0.25, 0.3) is 0 Å². The molecule has 80 valence electrons. The molecule has 1 aromatic carbocycles. The van der Waals surface area contributed by atoms with Crippen LogP contribution in [0.1, 0.15) is 18.1 Å². The molecule has 0 amide bonds. The molecule has 1 aromatic rings. The molecular weight excluding hydrogens is 196 g/mol. The molecule has 0 unspecified atom stereocenters. The highest BCUT2D eigenvalue weighted by Gasteiger charge is 2.17. The highest BCUT2D eigenvalue weighted by molar-refractivity contribution is 6.03. The van der Waals surface area contributed by atoms with Crippen LogP contribution < -0.4 is 0 Å². The van der Waals surface area contributed by atoms with Crippen LogP contribution in [0.2, 0.25) is 0 Å². The van der Waals surface area contributed by atoms with Gasteiger partial charge in [0.2, 0.25) is 0 Å². The summed E-state index contributed by atoms with van der Waals surface area (Å²) >= 11 is 0. The second-order valence-electron chi connectivity index (χ2n) is 3.09. The highest BCUT2D eigenvalue weighted by Crippen LogP contribution is 2.22. The van der Waals surface area contributed by atoms with Gasteiger partial charge in [-0.3, -0.25) is 10.1 Å². The lowest BCUT2D eigenvalue weighted by atomic mass is 10.0. The second kappa shape index (κ2) is 4.54. The van der Waals surface area contributed by atoms with Crippen molar-refractivity contribution in [3.05, 3.63) is 39.4 Å². The Balaban J connectivity index is 3.37. The van der Waals surface area contributed by atoms with Gasteiger partial charge in [-0.05, 0) is 19.4 Å². The first kappa shape index (κ1) is 11.2. The molecular formula is C10H12N2O3. The van der Waals surface area contributed by atoms with Crippen molar-refractivity contribution in [3.63, 3.8) is 0 Å². The number of rotatable bonds is 3. The van der Waals surface area contributed by atoms with Gasteiger partial charge in [0.25, 0.3) is 5.69 Å². The average Bonchev–Trinajstić information content (AvgIpc) is 2.17. The zero-order chi connectivity index (χ0) is 11.4. The van der Waals surface area contributed by atoms with Crippen LogP contribution in [-0.4, -0.2) is 17.7 Å². The maximum absolute atomic E-state index is 10.8. The monoisotopic (exact) mass is 208 g/mol. The lowest BCUT2D eigenvalue weighted by Crippen LogP contribution is -2.04. The van der Waals surface area contributed by atoms with Gasteiger partial charge in [0.1, 0.15) is 7.11 Å². The molecule has 1 rings (SSSR count). The Morgan fingerprint density at radius 2 is 2.20 bits per heavy atom. The van der Waals surface area contributed by atoms with Crippen molar-refractivity contribution < 1.29 is 9.76 Å². The van der Waals surface area contributed by atoms with E-state index in [-0.39, 0.29) is 5.69 Å². The Bertz CT molecular complexity index is 413. The minimum Gasteiger partial charge on any atom is -0.399 e. The minimum absolute atomic E-state index is 0.0494. The fraction of sp³-hybridized carbons (Fsp3) is 0.300. The number of nitro groups is 1. The van der Waals surface area contributed by atoms with Crippen LogP contribution in [0, 0.1) is 17.0 Å². The summed E-state index contributed by atoms with van der Waals surface area (Å²) in [5.41, 5.74) is 1.88. The summed E-state index contributed by atoms with van der Waals surface area (Å²) in [6, 6.07) is 4.91. The third-order valence-corrected chi connectivity index (χ3v) is 2.04. The molecule has 0 heterocycles. The Labute approximate surface area is 87.5 Å². The van der Waals surface area contributed by atoms with Gasteiger partial charge in [-0.1, -0.05) is 17.3 Å². The van der Waals surface area contributed by atoms with E-state index in [2.05, 4.69) is 9.99 Å². The van der Waals surface area contributed by atoms with E-state index in [0.29, 0.717) is 11.3 Å². The van der Waals surface area contributed by atoms with Gasteiger partial charge < -0.3 is 4.84 Å². The van der Waals surface area contributed by atoms with Crippen molar-refractivity contribution in [2.45, 2.75) is 13.8 Å². The van der Waals surface area contributed by atoms with Crippen LogP contribution in [0.15, 0.2) is 23.4 Å². The molecule has 0 bridgehead atoms. The van der Waals surface area contributed by atoms with Gasteiger partial charge >= 0.3 is 0 Å². The first-order chi connectivity index (χ1) is 7.07. The Morgan fingerprint density at radius 1 is 1.53 bits per heavy atom. The Hall–Kier alpha value is -1.91. The molecule has 0 aliphatic rings. The molecule has 0 N–H and O–H groups in total. The topological polar surface area (TPSA) is 64.7 Å². The highest BCUT2D eigenvalue weighted by atomic mass is 16.6. The largest absolute Gasteiger partial charge is 0.399 e. The van der Waals surface area contributed by atoms with Gasteiger partial charge in [0.05, 0.1) is 16.2 Å². The molecule has 5 heteroatoms. The lowest BCUT2D eigenvalue weighted by molar-refractivity contribution is -0.385. The molecule has 5 nitrogen and oxygen atoms in total. The molecule has 0 fully saturated rings. The fourth-order valence-corrected chi connectivity index (χ4v) is 1.46. The van der Waals surface area contributed by atoms with Crippen molar-refractivity contribution in [1.29, 1.82) is 0 Å². The summed E-state index contributed by atoms with van der Waals surface area (Å²) in [4.78, 5) is 15.0. The zero-order valence-corrected chi connectivity index (χ0v) is 8.85. The average molecular weight is 208 g/mol. The SMILES string of the molecule is CO/N=C(/C)c1c(C)cccc1[N+](=O)[O-]. The summed E-state index contributed by atoms with van der Waals surface area (Å²) in [6.07, 6.45) is 0. The van der Waals surface area contributed by atoms with Crippen LogP contribution in [0.4, 0.5) is 5.69 Å². The maximum atomic E-state index is 10.8. The predicted octanol–water partition coefficient (Wildman–Crippen LogP) is 2.27. The smallest absolute Gasteiger partial charge is 0.278 e. The first-order valence-corrected chi connectivity index (χ1v) is 4.40. The van der Waals surface area contributed by atoms with E-state index in [4.69, 9.17) is 0 Å². The number of hydrogen-bond donors (Lipinski definition) is 0. The van der Waals surface area contributed by atoms with Crippen LogP contribution >= 0.6 is 0 Å². The quantitative estimate of drug-likeness (QED) is 0.434. The number of aryl methyl sites for hydroxylation is 1. The lowest BCUT2D eigenvalue weighted by Gasteiger charge is -2.05. The molecule has 15 heavy (non-hydrogen) atoms. The molecule has 0 aliphatic carbocycles. The molecule has 0 atom stereocenters. The van der Waals surface area contributed by atoms with E-state index in [1.54, 1.807) is 26.0 Å². The van der Waals surface area contributed by atoms with Gasteiger partial charge in [-0.15, -0.1) is 0 Å². The molecule has 0 saturated heterocycles. The summed E-state index contributed by atoms with van der Waals surface area (Å²) in [5, 5.41) is 14.5. The zero-order valence-electron chi connectivity index (χ0n) is 8.85. The Kier molecular flexibility index (Phi) is 3.38. The van der Waals surface area contributed by atoms with E-state index in [1.807, 2.05) is 0 Å². The number of benzene rings is 1. The minimum atomic E-state index is -0.420. The molecule has 0 aromatic heterocycles. The van der Waals surface area contributed by atoms with E-state index in [0.717, 1.165) is 5.56 Å². The second-order valence-corrected chi connectivity index (χ2v) is 3.09. The molecule has 0 spiro atoms. The standard InChI is InChI=1S/C10H12N2O3/c1-7-5-4-6-9(12(13)14)10(7)8(2)11-15-3/h4-6H,1-3H3/b11-8-. The summed E-state index contributed by atoms with van der Waals surface area (Å²) in [7, 11) is 1.41.